The first-order chi connectivity index (χ1) is 25.7. The molecular weight excluding hydrogens is 653 g/mol. The molecule has 3 nitrogen and oxygen atoms in total. The van der Waals surface area contributed by atoms with Crippen molar-refractivity contribution in [3.8, 4) is 22.3 Å². The quantitative estimate of drug-likeness (QED) is 0.201. The summed E-state index contributed by atoms with van der Waals surface area (Å²) in [6, 6.07) is 60.7. The number of hydrogen-bond acceptors (Lipinski definition) is 4. The highest BCUT2D eigenvalue weighted by Gasteiger charge is 2.36. The Hall–Kier alpha value is -6.36. The molecule has 2 aliphatic rings. The molecule has 1 unspecified atom stereocenters. The van der Waals surface area contributed by atoms with E-state index in [4.69, 9.17) is 9.41 Å². The highest BCUT2D eigenvalue weighted by Crippen LogP contribution is 2.52. The number of furan rings is 1. The molecule has 4 heteroatoms. The summed E-state index contributed by atoms with van der Waals surface area (Å²) in [5, 5.41) is 11.0. The standard InChI is InChI=1S/C48H30N2OS/c1-3-11-33-27-35(23-19-29(33)9-1)31-17-21-32(22-18-31)44-47-45(39-14-6-8-16-42(39)52-47)50-48(49-44)40-26-25-37(36-24-20-30-10-2-4-12-34(30)28-36)46-43(40)38-13-5-7-15-41(38)51-46/h1-28,45H,(H,49,50). The Balaban J connectivity index is 1.08. The molecule has 9 aromatic rings. The molecule has 8 aromatic carbocycles. The Morgan fingerprint density at radius 3 is 1.94 bits per heavy atom. The normalized spacial score (nSPS) is 15.2. The summed E-state index contributed by atoms with van der Waals surface area (Å²) < 4.78 is 6.72. The number of para-hydroxylation sites is 1. The van der Waals surface area contributed by atoms with E-state index in [0.717, 1.165) is 55.7 Å². The van der Waals surface area contributed by atoms with Crippen LogP contribution in [0.25, 0.3) is 71.4 Å². The first kappa shape index (κ1) is 29.4. The fourth-order valence-electron chi connectivity index (χ4n) is 7.94. The van der Waals surface area contributed by atoms with Gasteiger partial charge in [-0.1, -0.05) is 145 Å². The van der Waals surface area contributed by atoms with Gasteiger partial charge in [0, 0.05) is 37.3 Å². The van der Waals surface area contributed by atoms with Crippen molar-refractivity contribution in [2.24, 2.45) is 4.99 Å². The third-order valence-corrected chi connectivity index (χ3v) is 11.8. The summed E-state index contributed by atoms with van der Waals surface area (Å²) in [7, 11) is 0. The van der Waals surface area contributed by atoms with Gasteiger partial charge in [-0.25, -0.2) is 4.99 Å². The smallest absolute Gasteiger partial charge is 0.143 e. The van der Waals surface area contributed by atoms with Crippen molar-refractivity contribution >= 4 is 66.8 Å². The number of fused-ring (bicyclic) bond motifs is 8. The van der Waals surface area contributed by atoms with Crippen LogP contribution in [0.5, 0.6) is 0 Å². The molecule has 2 aliphatic heterocycles. The average Bonchev–Trinajstić information content (AvgIpc) is 3.79. The third kappa shape index (κ3) is 4.65. The lowest BCUT2D eigenvalue weighted by molar-refractivity contribution is 0.670. The van der Waals surface area contributed by atoms with Gasteiger partial charge in [0.2, 0.25) is 0 Å². The van der Waals surface area contributed by atoms with E-state index in [1.165, 1.54) is 48.0 Å². The van der Waals surface area contributed by atoms with Gasteiger partial charge in [0.15, 0.2) is 0 Å². The van der Waals surface area contributed by atoms with E-state index in [1.807, 2.05) is 17.8 Å². The van der Waals surface area contributed by atoms with Crippen LogP contribution >= 0.6 is 11.8 Å². The highest BCUT2D eigenvalue weighted by molar-refractivity contribution is 8.03. The van der Waals surface area contributed by atoms with Gasteiger partial charge in [0.1, 0.15) is 17.0 Å². The molecule has 1 atom stereocenters. The molecule has 244 valence electrons. The fourth-order valence-corrected chi connectivity index (χ4v) is 9.19. The molecule has 1 aromatic heterocycles. The number of hydrogen-bond donors (Lipinski definition) is 1. The van der Waals surface area contributed by atoms with Crippen molar-refractivity contribution in [1.82, 2.24) is 5.32 Å². The molecule has 0 saturated heterocycles. The van der Waals surface area contributed by atoms with Crippen molar-refractivity contribution in [2.75, 3.05) is 0 Å². The second-order valence-corrected chi connectivity index (χ2v) is 14.6. The van der Waals surface area contributed by atoms with E-state index in [2.05, 4.69) is 169 Å². The van der Waals surface area contributed by atoms with E-state index in [1.54, 1.807) is 0 Å². The van der Waals surface area contributed by atoms with Gasteiger partial charge in [0.25, 0.3) is 0 Å². The average molecular weight is 683 g/mol. The van der Waals surface area contributed by atoms with Crippen molar-refractivity contribution in [1.29, 1.82) is 0 Å². The van der Waals surface area contributed by atoms with Crippen LogP contribution in [0, 0.1) is 0 Å². The Kier molecular flexibility index (Phi) is 6.55. The van der Waals surface area contributed by atoms with Gasteiger partial charge in [-0.15, -0.1) is 0 Å². The van der Waals surface area contributed by atoms with E-state index in [0.29, 0.717) is 0 Å². The van der Waals surface area contributed by atoms with Gasteiger partial charge >= 0.3 is 0 Å². The second-order valence-electron chi connectivity index (χ2n) is 13.6. The van der Waals surface area contributed by atoms with Crippen molar-refractivity contribution in [3.05, 3.63) is 191 Å². The van der Waals surface area contributed by atoms with Crippen LogP contribution in [0.3, 0.4) is 0 Å². The zero-order chi connectivity index (χ0) is 34.2. The van der Waals surface area contributed by atoms with Gasteiger partial charge in [-0.05, 0) is 80.2 Å². The Morgan fingerprint density at radius 2 is 1.13 bits per heavy atom. The van der Waals surface area contributed by atoms with Gasteiger partial charge in [0.05, 0.1) is 11.7 Å². The summed E-state index contributed by atoms with van der Waals surface area (Å²) in [4.78, 5) is 7.99. The van der Waals surface area contributed by atoms with Crippen molar-refractivity contribution < 1.29 is 4.42 Å². The topological polar surface area (TPSA) is 37.5 Å². The monoisotopic (exact) mass is 682 g/mol. The third-order valence-electron chi connectivity index (χ3n) is 10.5. The predicted molar refractivity (Wildman–Crippen MR) is 218 cm³/mol. The summed E-state index contributed by atoms with van der Waals surface area (Å²) in [6.07, 6.45) is 0. The van der Waals surface area contributed by atoms with Crippen LogP contribution in [-0.2, 0) is 0 Å². The van der Waals surface area contributed by atoms with Crippen LogP contribution in [0.15, 0.2) is 189 Å². The molecule has 0 saturated carbocycles. The molecule has 3 heterocycles. The lowest BCUT2D eigenvalue weighted by Gasteiger charge is -2.26. The summed E-state index contributed by atoms with van der Waals surface area (Å²) in [6.45, 7) is 0. The van der Waals surface area contributed by atoms with E-state index >= 15 is 0 Å². The van der Waals surface area contributed by atoms with E-state index in [9.17, 15) is 0 Å². The molecule has 0 spiro atoms. The Bertz CT molecular complexity index is 2970. The molecule has 0 amide bonds. The van der Waals surface area contributed by atoms with Gasteiger partial charge in [-0.3, -0.25) is 0 Å². The minimum absolute atomic E-state index is 0.00255. The highest BCUT2D eigenvalue weighted by atomic mass is 32.2. The van der Waals surface area contributed by atoms with Gasteiger partial charge in [-0.2, -0.15) is 0 Å². The molecule has 52 heavy (non-hydrogen) atoms. The van der Waals surface area contributed by atoms with E-state index < -0.39 is 0 Å². The number of thioether (sulfide) groups is 1. The van der Waals surface area contributed by atoms with Crippen LogP contribution in [-0.4, -0.2) is 5.84 Å². The molecule has 0 bridgehead atoms. The minimum Gasteiger partial charge on any atom is -0.455 e. The minimum atomic E-state index is -0.00255. The van der Waals surface area contributed by atoms with Crippen molar-refractivity contribution in [2.45, 2.75) is 10.9 Å². The first-order valence-electron chi connectivity index (χ1n) is 17.6. The van der Waals surface area contributed by atoms with Crippen LogP contribution < -0.4 is 5.32 Å². The van der Waals surface area contributed by atoms with Crippen LogP contribution in [0.1, 0.15) is 22.7 Å². The van der Waals surface area contributed by atoms with Crippen molar-refractivity contribution in [3.63, 3.8) is 0 Å². The van der Waals surface area contributed by atoms with Crippen LogP contribution in [0.4, 0.5) is 0 Å². The van der Waals surface area contributed by atoms with Crippen LogP contribution in [0.2, 0.25) is 0 Å². The number of rotatable bonds is 4. The molecule has 0 aliphatic carbocycles. The van der Waals surface area contributed by atoms with E-state index in [-0.39, 0.29) is 6.04 Å². The molecule has 0 radical (unpaired) electrons. The Labute approximate surface area is 305 Å². The largest absolute Gasteiger partial charge is 0.455 e. The fraction of sp³-hybridized carbons (Fsp3) is 0.0208. The lowest BCUT2D eigenvalue weighted by Crippen LogP contribution is -2.32. The number of benzene rings is 8. The number of amidine groups is 1. The number of nitrogens with one attached hydrogen (secondary N) is 1. The number of nitrogens with zero attached hydrogens (tertiary/aromatic N) is 1. The molecule has 1 N–H and O–H groups in total. The second kappa shape index (κ2) is 11.6. The molecular formula is C48H30N2OS. The number of aliphatic imine (C=N–C) groups is 1. The lowest BCUT2D eigenvalue weighted by atomic mass is 9.94. The maximum atomic E-state index is 6.72. The zero-order valence-electron chi connectivity index (χ0n) is 28.0. The molecule has 11 rings (SSSR count). The maximum absolute atomic E-state index is 6.72. The SMILES string of the molecule is c1ccc2c(c1)SC1=C(c3ccc(-c4ccc5ccccc5c4)cc3)N=C(c3ccc(-c4ccc5ccccc5c4)c4oc5ccccc5c34)NC12. The summed E-state index contributed by atoms with van der Waals surface area (Å²) >= 11 is 1.82. The first-order valence-corrected chi connectivity index (χ1v) is 18.5. The maximum Gasteiger partial charge on any atom is 0.143 e. The summed E-state index contributed by atoms with van der Waals surface area (Å²) in [5.41, 5.74) is 10.7. The Morgan fingerprint density at radius 1 is 0.519 bits per heavy atom. The van der Waals surface area contributed by atoms with Gasteiger partial charge < -0.3 is 9.73 Å². The predicted octanol–water partition coefficient (Wildman–Crippen LogP) is 12.8. The molecule has 0 fully saturated rings. The zero-order valence-corrected chi connectivity index (χ0v) is 28.8. The summed E-state index contributed by atoms with van der Waals surface area (Å²) in [5.74, 6) is 0.848.